The molecule has 7 nitrogen and oxygen atoms in total. The van der Waals surface area contributed by atoms with Gasteiger partial charge < -0.3 is 5.43 Å². The number of fused-ring (bicyclic) bond motifs is 1. The molecule has 3 N–H and O–H groups in total. The van der Waals surface area contributed by atoms with E-state index < -0.39 is 10.0 Å². The predicted molar refractivity (Wildman–Crippen MR) is 80.0 cm³/mol. The van der Waals surface area contributed by atoms with Crippen molar-refractivity contribution in [3.63, 3.8) is 0 Å². The molecule has 3 heterocycles. The van der Waals surface area contributed by atoms with Crippen LogP contribution < -0.4 is 11.3 Å². The van der Waals surface area contributed by atoms with Crippen molar-refractivity contribution in [2.45, 2.75) is 30.2 Å². The highest BCUT2D eigenvalue weighted by atomic mass is 32.2. The Hall–Kier alpha value is -1.22. The van der Waals surface area contributed by atoms with E-state index in [-0.39, 0.29) is 10.7 Å². The Bertz CT molecular complexity index is 606. The van der Waals surface area contributed by atoms with Crippen LogP contribution >= 0.6 is 0 Å². The fourth-order valence-electron chi connectivity index (χ4n) is 3.19. The van der Waals surface area contributed by atoms with Crippen LogP contribution in [-0.2, 0) is 10.0 Å². The fourth-order valence-corrected chi connectivity index (χ4v) is 4.77. The molecule has 8 heteroatoms. The molecular weight excluding hydrogens is 290 g/mol. The number of piperazine rings is 1. The molecule has 2 aliphatic rings. The number of hydrogen-bond donors (Lipinski definition) is 2. The Morgan fingerprint density at radius 2 is 2.14 bits per heavy atom. The van der Waals surface area contributed by atoms with E-state index in [2.05, 4.69) is 15.3 Å². The highest BCUT2D eigenvalue weighted by Crippen LogP contribution is 2.27. The first kappa shape index (κ1) is 14.7. The van der Waals surface area contributed by atoms with Gasteiger partial charge in [0.1, 0.15) is 4.90 Å². The second-order valence-electron chi connectivity index (χ2n) is 5.54. The lowest BCUT2D eigenvalue weighted by Gasteiger charge is -2.43. The third-order valence-corrected chi connectivity index (χ3v) is 6.22. The zero-order chi connectivity index (χ0) is 14.9. The van der Waals surface area contributed by atoms with Gasteiger partial charge in [-0.05, 0) is 31.5 Å². The van der Waals surface area contributed by atoms with E-state index in [0.29, 0.717) is 19.1 Å². The van der Waals surface area contributed by atoms with E-state index in [9.17, 15) is 8.42 Å². The fraction of sp³-hybridized carbons (Fsp3) is 0.615. The number of hydrogen-bond acceptors (Lipinski definition) is 6. The van der Waals surface area contributed by atoms with Gasteiger partial charge in [0, 0.05) is 31.9 Å². The molecule has 0 amide bonds. The summed E-state index contributed by atoms with van der Waals surface area (Å²) in [6.07, 6.45) is 4.99. The molecule has 0 radical (unpaired) electrons. The summed E-state index contributed by atoms with van der Waals surface area (Å²) >= 11 is 0. The Morgan fingerprint density at radius 1 is 1.29 bits per heavy atom. The molecule has 0 aliphatic carbocycles. The largest absolute Gasteiger partial charge is 0.307 e. The number of hydrazine groups is 1. The highest BCUT2D eigenvalue weighted by Gasteiger charge is 2.36. The highest BCUT2D eigenvalue weighted by molar-refractivity contribution is 7.89. The summed E-state index contributed by atoms with van der Waals surface area (Å²) in [6, 6.07) is 3.50. The van der Waals surface area contributed by atoms with Gasteiger partial charge in [0.25, 0.3) is 0 Å². The van der Waals surface area contributed by atoms with Crippen molar-refractivity contribution in [3.05, 3.63) is 18.3 Å². The standard InChI is InChI=1S/C13H21N5O2S/c14-16-13-12(5-3-6-15-13)21(19,20)18-9-8-17-7-2-1-4-11(17)10-18/h3,5-6,11H,1-2,4,7-10,14H2,(H,15,16). The molecule has 1 atom stereocenters. The van der Waals surface area contributed by atoms with Gasteiger partial charge in [0.2, 0.25) is 10.0 Å². The minimum atomic E-state index is -3.55. The van der Waals surface area contributed by atoms with Crippen LogP contribution in [-0.4, -0.2) is 54.8 Å². The molecule has 0 spiro atoms. The van der Waals surface area contributed by atoms with Gasteiger partial charge in [-0.1, -0.05) is 6.42 Å². The van der Waals surface area contributed by atoms with Crippen LogP contribution in [0.1, 0.15) is 19.3 Å². The van der Waals surface area contributed by atoms with Crippen LogP contribution in [0.5, 0.6) is 0 Å². The maximum Gasteiger partial charge on any atom is 0.246 e. The van der Waals surface area contributed by atoms with Crippen molar-refractivity contribution in [2.75, 3.05) is 31.6 Å². The van der Waals surface area contributed by atoms with Gasteiger partial charge in [-0.15, -0.1) is 0 Å². The summed E-state index contributed by atoms with van der Waals surface area (Å²) < 4.78 is 27.2. The number of aromatic nitrogens is 1. The number of rotatable bonds is 3. The third-order valence-electron chi connectivity index (χ3n) is 4.33. The summed E-state index contributed by atoms with van der Waals surface area (Å²) in [7, 11) is -3.55. The second kappa shape index (κ2) is 5.88. The van der Waals surface area contributed by atoms with Crippen LogP contribution in [0.2, 0.25) is 0 Å². The number of anilines is 1. The van der Waals surface area contributed by atoms with Crippen LogP contribution in [0.3, 0.4) is 0 Å². The average Bonchev–Trinajstić information content (AvgIpc) is 2.54. The summed E-state index contributed by atoms with van der Waals surface area (Å²) in [4.78, 5) is 6.54. The first-order chi connectivity index (χ1) is 10.1. The first-order valence-electron chi connectivity index (χ1n) is 7.29. The lowest BCUT2D eigenvalue weighted by molar-refractivity contribution is 0.0852. The SMILES string of the molecule is NNc1ncccc1S(=O)(=O)N1CCN2CCCCC2C1. The third kappa shape index (κ3) is 2.76. The number of pyridine rings is 1. The number of sulfonamides is 1. The zero-order valence-corrected chi connectivity index (χ0v) is 12.7. The first-order valence-corrected chi connectivity index (χ1v) is 8.73. The summed E-state index contributed by atoms with van der Waals surface area (Å²) in [5, 5.41) is 0. The maximum atomic E-state index is 12.8. The maximum absolute atomic E-state index is 12.8. The van der Waals surface area contributed by atoms with Gasteiger partial charge in [0.15, 0.2) is 5.82 Å². The van der Waals surface area contributed by atoms with Crippen molar-refractivity contribution in [3.8, 4) is 0 Å². The minimum Gasteiger partial charge on any atom is -0.307 e. The molecule has 2 saturated heterocycles. The number of nitrogens with two attached hydrogens (primary N) is 1. The lowest BCUT2D eigenvalue weighted by Crippen LogP contribution is -2.56. The Labute approximate surface area is 125 Å². The molecule has 2 aliphatic heterocycles. The molecule has 1 unspecified atom stereocenters. The Balaban J connectivity index is 1.85. The molecule has 1 aromatic heterocycles. The molecule has 21 heavy (non-hydrogen) atoms. The Morgan fingerprint density at radius 3 is 2.95 bits per heavy atom. The number of piperidine rings is 1. The quantitative estimate of drug-likeness (QED) is 0.613. The molecule has 2 fully saturated rings. The van der Waals surface area contributed by atoms with E-state index in [0.717, 1.165) is 19.5 Å². The van der Waals surface area contributed by atoms with Gasteiger partial charge in [-0.2, -0.15) is 4.31 Å². The van der Waals surface area contributed by atoms with E-state index >= 15 is 0 Å². The lowest BCUT2D eigenvalue weighted by atomic mass is 10.0. The molecule has 0 bridgehead atoms. The smallest absolute Gasteiger partial charge is 0.246 e. The van der Waals surface area contributed by atoms with Crippen LogP contribution in [0.15, 0.2) is 23.2 Å². The van der Waals surface area contributed by atoms with E-state index in [1.807, 2.05) is 0 Å². The van der Waals surface area contributed by atoms with Gasteiger partial charge in [-0.3, -0.25) is 4.90 Å². The topological polar surface area (TPSA) is 91.6 Å². The number of nitrogens with zero attached hydrogens (tertiary/aromatic N) is 3. The Kier molecular flexibility index (Phi) is 4.12. The molecule has 1 aromatic rings. The zero-order valence-electron chi connectivity index (χ0n) is 11.9. The minimum absolute atomic E-state index is 0.150. The van der Waals surface area contributed by atoms with Crippen molar-refractivity contribution >= 4 is 15.8 Å². The van der Waals surface area contributed by atoms with Gasteiger partial charge in [0.05, 0.1) is 0 Å². The molecule has 0 saturated carbocycles. The van der Waals surface area contributed by atoms with Crippen LogP contribution in [0, 0.1) is 0 Å². The van der Waals surface area contributed by atoms with Gasteiger partial charge in [-0.25, -0.2) is 19.2 Å². The summed E-state index contributed by atoms with van der Waals surface area (Å²) in [6.45, 7) is 2.97. The van der Waals surface area contributed by atoms with Crippen molar-refractivity contribution in [2.24, 2.45) is 5.84 Å². The average molecular weight is 311 g/mol. The summed E-state index contributed by atoms with van der Waals surface area (Å²) in [5.41, 5.74) is 2.37. The van der Waals surface area contributed by atoms with Crippen molar-refractivity contribution in [1.29, 1.82) is 0 Å². The number of nitrogens with one attached hydrogen (secondary N) is 1. The predicted octanol–water partition coefficient (Wildman–Crippen LogP) is 0.226. The normalized spacial score (nSPS) is 24.5. The van der Waals surface area contributed by atoms with E-state index in [1.165, 1.54) is 19.0 Å². The molecule has 3 rings (SSSR count). The number of nitrogen functional groups attached to an aromatic ring is 1. The second-order valence-corrected chi connectivity index (χ2v) is 7.45. The van der Waals surface area contributed by atoms with Crippen LogP contribution in [0.4, 0.5) is 5.82 Å². The molecule has 0 aromatic carbocycles. The van der Waals surface area contributed by atoms with Crippen LogP contribution in [0.25, 0.3) is 0 Å². The summed E-state index contributed by atoms with van der Waals surface area (Å²) in [5.74, 6) is 5.58. The van der Waals surface area contributed by atoms with Gasteiger partial charge >= 0.3 is 0 Å². The van der Waals surface area contributed by atoms with E-state index in [1.54, 1.807) is 16.4 Å². The molecular formula is C13H21N5O2S. The van der Waals surface area contributed by atoms with Crippen molar-refractivity contribution in [1.82, 2.24) is 14.2 Å². The monoisotopic (exact) mass is 311 g/mol. The van der Waals surface area contributed by atoms with Crippen molar-refractivity contribution < 1.29 is 8.42 Å². The molecule has 116 valence electrons. The van der Waals surface area contributed by atoms with E-state index in [4.69, 9.17) is 5.84 Å².